The number of hydrogen-bond donors (Lipinski definition) is 1. The lowest BCUT2D eigenvalue weighted by Gasteiger charge is -2.26. The smallest absolute Gasteiger partial charge is 0.0954 e. The van der Waals surface area contributed by atoms with E-state index in [1.165, 1.54) is 5.06 Å². The minimum atomic E-state index is -0.145. The van der Waals surface area contributed by atoms with Gasteiger partial charge in [0.25, 0.3) is 0 Å². The van der Waals surface area contributed by atoms with Gasteiger partial charge < -0.3 is 5.21 Å². The standard InChI is InChI=1S/C4H8BNOS/c5-4-3-8-2-1-6(4)7/h4,7H,1-3H2. The van der Waals surface area contributed by atoms with Crippen LogP contribution in [0, 0.1) is 0 Å². The Morgan fingerprint density at radius 3 is 2.88 bits per heavy atom. The molecule has 0 aromatic rings. The molecular formula is C4H8BNOS. The number of hydroxylamine groups is 2. The second-order valence-corrected chi connectivity index (χ2v) is 2.96. The van der Waals surface area contributed by atoms with Gasteiger partial charge in [0, 0.05) is 24.0 Å². The molecule has 8 heavy (non-hydrogen) atoms. The Hall–Kier alpha value is 0.335. The number of thioether (sulfide) groups is 1. The van der Waals surface area contributed by atoms with Gasteiger partial charge in [-0.2, -0.15) is 16.8 Å². The van der Waals surface area contributed by atoms with Gasteiger partial charge in [0.05, 0.1) is 7.85 Å². The highest BCUT2D eigenvalue weighted by atomic mass is 32.2. The lowest BCUT2D eigenvalue weighted by molar-refractivity contribution is -0.0948. The summed E-state index contributed by atoms with van der Waals surface area (Å²) in [5, 5.41) is 10.1. The molecule has 0 aliphatic carbocycles. The van der Waals surface area contributed by atoms with E-state index in [4.69, 9.17) is 13.1 Å². The van der Waals surface area contributed by atoms with E-state index >= 15 is 0 Å². The largest absolute Gasteiger partial charge is 0.314 e. The Balaban J connectivity index is 2.28. The summed E-state index contributed by atoms with van der Waals surface area (Å²) in [6.07, 6.45) is 0. The summed E-state index contributed by atoms with van der Waals surface area (Å²) in [7, 11) is 5.43. The zero-order chi connectivity index (χ0) is 5.98. The highest BCUT2D eigenvalue weighted by Gasteiger charge is 2.14. The second-order valence-electron chi connectivity index (χ2n) is 1.81. The molecule has 1 saturated heterocycles. The van der Waals surface area contributed by atoms with E-state index in [1.54, 1.807) is 11.8 Å². The molecule has 0 aromatic carbocycles. The summed E-state index contributed by atoms with van der Waals surface area (Å²) < 4.78 is 0. The molecule has 1 fully saturated rings. The van der Waals surface area contributed by atoms with Crippen LogP contribution < -0.4 is 0 Å². The third-order valence-electron chi connectivity index (χ3n) is 1.14. The molecule has 1 N–H and O–H groups in total. The predicted octanol–water partition coefficient (Wildman–Crippen LogP) is -0.0810. The first-order valence-corrected chi connectivity index (χ1v) is 3.75. The van der Waals surface area contributed by atoms with Crippen molar-refractivity contribution in [3.05, 3.63) is 0 Å². The lowest BCUT2D eigenvalue weighted by Crippen LogP contribution is -2.39. The molecule has 1 rings (SSSR count). The van der Waals surface area contributed by atoms with E-state index in [2.05, 4.69) is 0 Å². The number of nitrogens with zero attached hydrogens (tertiary/aromatic N) is 1. The van der Waals surface area contributed by atoms with E-state index in [-0.39, 0.29) is 5.94 Å². The molecule has 4 heteroatoms. The fraction of sp³-hybridized carbons (Fsp3) is 1.00. The van der Waals surface area contributed by atoms with Gasteiger partial charge in [0.15, 0.2) is 0 Å². The van der Waals surface area contributed by atoms with E-state index in [0.717, 1.165) is 11.5 Å². The first-order valence-electron chi connectivity index (χ1n) is 2.59. The second kappa shape index (κ2) is 2.76. The molecular weight excluding hydrogens is 121 g/mol. The fourth-order valence-electron chi connectivity index (χ4n) is 0.614. The van der Waals surface area contributed by atoms with Crippen LogP contribution in [-0.2, 0) is 0 Å². The van der Waals surface area contributed by atoms with Crippen LogP contribution in [-0.4, -0.2) is 42.1 Å². The maximum atomic E-state index is 8.87. The minimum absolute atomic E-state index is 0.145. The van der Waals surface area contributed by atoms with Crippen LogP contribution in [0.4, 0.5) is 0 Å². The highest BCUT2D eigenvalue weighted by molar-refractivity contribution is 7.99. The van der Waals surface area contributed by atoms with Crippen LogP contribution in [0.5, 0.6) is 0 Å². The third kappa shape index (κ3) is 1.40. The Kier molecular flexibility index (Phi) is 2.22. The summed E-state index contributed by atoms with van der Waals surface area (Å²) in [5.41, 5.74) is 0. The zero-order valence-corrected chi connectivity index (χ0v) is 5.40. The Labute approximate surface area is 54.6 Å². The van der Waals surface area contributed by atoms with Crippen molar-refractivity contribution in [3.63, 3.8) is 0 Å². The fourth-order valence-corrected chi connectivity index (χ4v) is 1.51. The van der Waals surface area contributed by atoms with Crippen LogP contribution in [0.3, 0.4) is 0 Å². The average molecular weight is 129 g/mol. The minimum Gasteiger partial charge on any atom is -0.314 e. The molecule has 0 spiro atoms. The molecule has 0 amide bonds. The maximum absolute atomic E-state index is 8.87. The highest BCUT2D eigenvalue weighted by Crippen LogP contribution is 2.10. The number of hydrogen-bond acceptors (Lipinski definition) is 3. The molecule has 0 aromatic heterocycles. The summed E-state index contributed by atoms with van der Waals surface area (Å²) in [5.74, 6) is 1.69. The SMILES string of the molecule is [B]C1CSCCN1O. The zero-order valence-electron chi connectivity index (χ0n) is 4.58. The summed E-state index contributed by atoms with van der Waals surface area (Å²) in [6, 6.07) is 0. The van der Waals surface area contributed by atoms with E-state index in [9.17, 15) is 0 Å². The van der Waals surface area contributed by atoms with Crippen molar-refractivity contribution in [3.8, 4) is 0 Å². The van der Waals surface area contributed by atoms with Gasteiger partial charge >= 0.3 is 0 Å². The van der Waals surface area contributed by atoms with Crippen molar-refractivity contribution in [2.45, 2.75) is 5.94 Å². The van der Waals surface area contributed by atoms with Crippen LogP contribution in [0.1, 0.15) is 0 Å². The van der Waals surface area contributed by atoms with Crippen molar-refractivity contribution in [1.29, 1.82) is 0 Å². The van der Waals surface area contributed by atoms with Crippen LogP contribution >= 0.6 is 11.8 Å². The number of rotatable bonds is 0. The third-order valence-corrected chi connectivity index (χ3v) is 2.18. The average Bonchev–Trinajstić information content (AvgIpc) is 1.77. The van der Waals surface area contributed by atoms with Crippen molar-refractivity contribution >= 4 is 19.6 Å². The van der Waals surface area contributed by atoms with Crippen molar-refractivity contribution in [2.24, 2.45) is 0 Å². The Morgan fingerprint density at radius 2 is 2.50 bits per heavy atom. The lowest BCUT2D eigenvalue weighted by atomic mass is 9.98. The molecule has 2 nitrogen and oxygen atoms in total. The quantitative estimate of drug-likeness (QED) is 0.462. The van der Waals surface area contributed by atoms with Crippen molar-refractivity contribution in [2.75, 3.05) is 18.1 Å². The molecule has 0 bridgehead atoms. The molecule has 1 unspecified atom stereocenters. The van der Waals surface area contributed by atoms with E-state index < -0.39 is 0 Å². The van der Waals surface area contributed by atoms with Gasteiger partial charge in [-0.25, -0.2) is 0 Å². The first-order chi connectivity index (χ1) is 3.80. The van der Waals surface area contributed by atoms with Crippen LogP contribution in [0.15, 0.2) is 0 Å². The Morgan fingerprint density at radius 1 is 1.75 bits per heavy atom. The summed E-state index contributed by atoms with van der Waals surface area (Å²) in [6.45, 7) is 0.700. The topological polar surface area (TPSA) is 23.5 Å². The van der Waals surface area contributed by atoms with Gasteiger partial charge in [0.1, 0.15) is 0 Å². The van der Waals surface area contributed by atoms with Crippen molar-refractivity contribution in [1.82, 2.24) is 5.06 Å². The monoisotopic (exact) mass is 129 g/mol. The van der Waals surface area contributed by atoms with Gasteiger partial charge in [0.2, 0.25) is 0 Å². The molecule has 1 aliphatic rings. The normalized spacial score (nSPS) is 32.9. The van der Waals surface area contributed by atoms with Crippen LogP contribution in [0.25, 0.3) is 0 Å². The molecule has 1 aliphatic heterocycles. The van der Waals surface area contributed by atoms with Gasteiger partial charge in [-0.05, 0) is 0 Å². The molecule has 2 radical (unpaired) electrons. The molecule has 0 saturated carbocycles. The van der Waals surface area contributed by atoms with Crippen molar-refractivity contribution < 1.29 is 5.21 Å². The van der Waals surface area contributed by atoms with Gasteiger partial charge in [-0.1, -0.05) is 0 Å². The van der Waals surface area contributed by atoms with E-state index in [0.29, 0.717) is 6.54 Å². The first kappa shape index (κ1) is 6.45. The van der Waals surface area contributed by atoms with Gasteiger partial charge in [-0.15, -0.1) is 0 Å². The molecule has 44 valence electrons. The van der Waals surface area contributed by atoms with E-state index in [1.807, 2.05) is 0 Å². The molecule has 1 atom stereocenters. The predicted molar refractivity (Wildman–Crippen MR) is 35.4 cm³/mol. The maximum Gasteiger partial charge on any atom is 0.0954 e. The Bertz CT molecular complexity index is 72.4. The summed E-state index contributed by atoms with van der Waals surface area (Å²) >= 11 is 1.78. The van der Waals surface area contributed by atoms with Gasteiger partial charge in [-0.3, -0.25) is 0 Å². The summed E-state index contributed by atoms with van der Waals surface area (Å²) in [4.78, 5) is 0. The molecule has 1 heterocycles. The van der Waals surface area contributed by atoms with Crippen LogP contribution in [0.2, 0.25) is 0 Å².